The van der Waals surface area contributed by atoms with Crippen LogP contribution in [-0.4, -0.2) is 17.9 Å². The quantitative estimate of drug-likeness (QED) is 0.900. The van der Waals surface area contributed by atoms with E-state index in [4.69, 9.17) is 11.6 Å². The lowest BCUT2D eigenvalue weighted by molar-refractivity contribution is -0.123. The molecule has 1 aliphatic heterocycles. The van der Waals surface area contributed by atoms with Crippen LogP contribution in [0, 0.1) is 5.82 Å². The van der Waals surface area contributed by atoms with Crippen molar-refractivity contribution in [1.82, 2.24) is 5.32 Å². The van der Waals surface area contributed by atoms with Crippen molar-refractivity contribution >= 4 is 17.4 Å². The molecule has 92 valence electrons. The van der Waals surface area contributed by atoms with Crippen molar-refractivity contribution in [1.29, 1.82) is 0 Å². The van der Waals surface area contributed by atoms with Crippen LogP contribution in [0.25, 0.3) is 0 Å². The molecule has 1 atom stereocenters. The minimum Gasteiger partial charge on any atom is -0.305 e. The molecule has 1 heterocycles. The molecular formula is C13H15ClFNO. The lowest BCUT2D eigenvalue weighted by Crippen LogP contribution is -2.45. The molecule has 2 rings (SSSR count). The molecule has 1 aromatic carbocycles. The second-order valence-corrected chi connectivity index (χ2v) is 5.05. The molecular weight excluding hydrogens is 241 g/mol. The molecule has 1 aromatic rings. The maximum absolute atomic E-state index is 13.2. The molecule has 17 heavy (non-hydrogen) atoms. The van der Waals surface area contributed by atoms with Crippen molar-refractivity contribution in [3.05, 3.63) is 34.6 Å². The van der Waals surface area contributed by atoms with Crippen LogP contribution < -0.4 is 5.32 Å². The van der Waals surface area contributed by atoms with Crippen molar-refractivity contribution in [2.24, 2.45) is 0 Å². The highest BCUT2D eigenvalue weighted by Gasteiger charge is 2.35. The minimum absolute atomic E-state index is 0.0578. The lowest BCUT2D eigenvalue weighted by atomic mass is 9.90. The second kappa shape index (κ2) is 4.75. The van der Waals surface area contributed by atoms with Gasteiger partial charge in [-0.15, -0.1) is 0 Å². The number of carbonyl (C=O) groups excluding carboxylic acids is 1. The summed E-state index contributed by atoms with van der Waals surface area (Å²) >= 11 is 5.84. The Bertz CT molecular complexity index is 441. The van der Waals surface area contributed by atoms with Gasteiger partial charge in [0, 0.05) is 6.42 Å². The molecule has 0 amide bonds. The van der Waals surface area contributed by atoms with Crippen LogP contribution in [0.15, 0.2) is 18.2 Å². The van der Waals surface area contributed by atoms with Gasteiger partial charge in [-0.05, 0) is 37.9 Å². The van der Waals surface area contributed by atoms with Gasteiger partial charge in [0.1, 0.15) is 5.82 Å². The van der Waals surface area contributed by atoms with E-state index in [1.807, 2.05) is 6.92 Å². The molecule has 0 saturated carbocycles. The number of Topliss-reactive ketones (excluding diaryl/α,β-unsaturated/α-hetero) is 1. The van der Waals surface area contributed by atoms with Crippen LogP contribution in [-0.2, 0) is 11.2 Å². The Hall–Kier alpha value is -0.930. The van der Waals surface area contributed by atoms with Gasteiger partial charge < -0.3 is 5.32 Å². The fourth-order valence-electron chi connectivity index (χ4n) is 2.19. The van der Waals surface area contributed by atoms with Crippen molar-refractivity contribution in [3.8, 4) is 0 Å². The molecule has 1 fully saturated rings. The summed E-state index contributed by atoms with van der Waals surface area (Å²) in [6.07, 6.45) is 2.01. The average Bonchev–Trinajstić information content (AvgIpc) is 2.73. The number of hydrogen-bond donors (Lipinski definition) is 1. The Balaban J connectivity index is 2.16. The van der Waals surface area contributed by atoms with Crippen molar-refractivity contribution in [2.75, 3.05) is 6.54 Å². The first-order valence-corrected chi connectivity index (χ1v) is 6.12. The van der Waals surface area contributed by atoms with Crippen molar-refractivity contribution < 1.29 is 9.18 Å². The number of ketones is 1. The zero-order valence-electron chi connectivity index (χ0n) is 9.72. The summed E-state index contributed by atoms with van der Waals surface area (Å²) in [6, 6.07) is 4.57. The summed E-state index contributed by atoms with van der Waals surface area (Å²) in [6.45, 7) is 2.76. The second-order valence-electron chi connectivity index (χ2n) is 4.68. The van der Waals surface area contributed by atoms with Gasteiger partial charge in [0.05, 0.1) is 10.6 Å². The van der Waals surface area contributed by atoms with E-state index in [2.05, 4.69) is 5.32 Å². The zero-order chi connectivity index (χ0) is 12.5. The molecule has 1 saturated heterocycles. The SMILES string of the molecule is CC1(C(=O)Cc2cccc(F)c2Cl)CCCN1. The molecule has 1 N–H and O–H groups in total. The standard InChI is InChI=1S/C13H15ClFNO/c1-13(6-3-7-16-13)11(17)8-9-4-2-5-10(15)12(9)14/h2,4-5,16H,3,6-8H2,1H3. The van der Waals surface area contributed by atoms with E-state index in [9.17, 15) is 9.18 Å². The third-order valence-corrected chi connectivity index (χ3v) is 3.79. The third-order valence-electron chi connectivity index (χ3n) is 3.37. The molecule has 0 bridgehead atoms. The van der Waals surface area contributed by atoms with Gasteiger partial charge in [0.2, 0.25) is 0 Å². The van der Waals surface area contributed by atoms with Crippen molar-refractivity contribution in [2.45, 2.75) is 31.7 Å². The molecule has 0 radical (unpaired) electrons. The fourth-order valence-corrected chi connectivity index (χ4v) is 2.38. The molecule has 4 heteroatoms. The van der Waals surface area contributed by atoms with Gasteiger partial charge in [-0.25, -0.2) is 4.39 Å². The number of halogens is 2. The number of hydrogen-bond acceptors (Lipinski definition) is 2. The summed E-state index contributed by atoms with van der Waals surface area (Å²) in [4.78, 5) is 12.2. The van der Waals surface area contributed by atoms with E-state index >= 15 is 0 Å². The van der Waals surface area contributed by atoms with Crippen LogP contribution in [0.5, 0.6) is 0 Å². The highest BCUT2D eigenvalue weighted by molar-refractivity contribution is 6.31. The first kappa shape index (κ1) is 12.5. The number of benzene rings is 1. The number of carbonyl (C=O) groups is 1. The first-order valence-electron chi connectivity index (χ1n) is 5.74. The van der Waals surface area contributed by atoms with Crippen LogP contribution >= 0.6 is 11.6 Å². The smallest absolute Gasteiger partial charge is 0.156 e. The summed E-state index contributed by atoms with van der Waals surface area (Å²) in [5.74, 6) is -0.399. The van der Waals surface area contributed by atoms with E-state index in [-0.39, 0.29) is 17.2 Å². The Morgan fingerprint density at radius 3 is 3.00 bits per heavy atom. The highest BCUT2D eigenvalue weighted by Crippen LogP contribution is 2.25. The monoisotopic (exact) mass is 255 g/mol. The topological polar surface area (TPSA) is 29.1 Å². The van der Waals surface area contributed by atoms with E-state index in [1.165, 1.54) is 6.07 Å². The Labute approximate surface area is 105 Å². The normalized spacial score (nSPS) is 23.9. The zero-order valence-corrected chi connectivity index (χ0v) is 10.5. The third kappa shape index (κ3) is 2.50. The summed E-state index contributed by atoms with van der Waals surface area (Å²) in [7, 11) is 0. The van der Waals surface area contributed by atoms with Crippen LogP contribution in [0.3, 0.4) is 0 Å². The first-order chi connectivity index (χ1) is 8.03. The molecule has 0 aliphatic carbocycles. The van der Waals surface area contributed by atoms with Gasteiger partial charge in [-0.3, -0.25) is 4.79 Å². The predicted octanol–water partition coefficient (Wildman–Crippen LogP) is 2.73. The largest absolute Gasteiger partial charge is 0.305 e. The summed E-state index contributed by atoms with van der Waals surface area (Å²) in [5, 5.41) is 3.26. The summed E-state index contributed by atoms with van der Waals surface area (Å²) in [5.41, 5.74) is 0.0851. The highest BCUT2D eigenvalue weighted by atomic mass is 35.5. The van der Waals surface area contributed by atoms with E-state index < -0.39 is 11.4 Å². The van der Waals surface area contributed by atoms with Crippen molar-refractivity contribution in [3.63, 3.8) is 0 Å². The molecule has 0 spiro atoms. The maximum atomic E-state index is 13.2. The summed E-state index contributed by atoms with van der Waals surface area (Å²) < 4.78 is 13.2. The Kier molecular flexibility index (Phi) is 3.50. The number of rotatable bonds is 3. The molecule has 2 nitrogen and oxygen atoms in total. The van der Waals surface area contributed by atoms with E-state index in [0.717, 1.165) is 19.4 Å². The molecule has 1 unspecified atom stereocenters. The van der Waals surface area contributed by atoms with Gasteiger partial charge in [0.15, 0.2) is 5.78 Å². The maximum Gasteiger partial charge on any atom is 0.156 e. The Morgan fingerprint density at radius 1 is 1.59 bits per heavy atom. The molecule has 0 aromatic heterocycles. The van der Waals surface area contributed by atoms with Crippen LogP contribution in [0.1, 0.15) is 25.3 Å². The van der Waals surface area contributed by atoms with Gasteiger partial charge in [-0.1, -0.05) is 23.7 Å². The predicted molar refractivity (Wildman–Crippen MR) is 65.8 cm³/mol. The van der Waals surface area contributed by atoms with Gasteiger partial charge >= 0.3 is 0 Å². The number of nitrogens with one attached hydrogen (secondary N) is 1. The molecule has 1 aliphatic rings. The lowest BCUT2D eigenvalue weighted by Gasteiger charge is -2.22. The van der Waals surface area contributed by atoms with Gasteiger partial charge in [-0.2, -0.15) is 0 Å². The average molecular weight is 256 g/mol. The van der Waals surface area contributed by atoms with E-state index in [1.54, 1.807) is 12.1 Å². The Morgan fingerprint density at radius 2 is 2.35 bits per heavy atom. The fraction of sp³-hybridized carbons (Fsp3) is 0.462. The van der Waals surface area contributed by atoms with E-state index in [0.29, 0.717) is 5.56 Å². The van der Waals surface area contributed by atoms with Crippen LogP contribution in [0.2, 0.25) is 5.02 Å². The minimum atomic E-state index is -0.477. The van der Waals surface area contributed by atoms with Crippen LogP contribution in [0.4, 0.5) is 4.39 Å². The van der Waals surface area contributed by atoms with Gasteiger partial charge in [0.25, 0.3) is 0 Å².